The van der Waals surface area contributed by atoms with Gasteiger partial charge in [0, 0.05) is 0 Å². The van der Waals surface area contributed by atoms with Crippen LogP contribution in [-0.2, 0) is 11.3 Å². The summed E-state index contributed by atoms with van der Waals surface area (Å²) in [5, 5.41) is 9.17. The molecule has 0 spiro atoms. The van der Waals surface area contributed by atoms with Gasteiger partial charge in [0.25, 0.3) is 0 Å². The van der Waals surface area contributed by atoms with E-state index in [0.29, 0.717) is 17.8 Å². The summed E-state index contributed by atoms with van der Waals surface area (Å²) in [5.74, 6) is -0.342. The van der Waals surface area contributed by atoms with E-state index in [2.05, 4.69) is 6.07 Å². The molecule has 2 aromatic carbocycles. The van der Waals surface area contributed by atoms with E-state index in [4.69, 9.17) is 16.9 Å². The van der Waals surface area contributed by atoms with Gasteiger partial charge in [-0.05, 0) is 17.7 Å². The molecular formula is C16H13ClN2O. The van der Waals surface area contributed by atoms with Gasteiger partial charge in [-0.3, -0.25) is 4.79 Å². The topological polar surface area (TPSA) is 44.1 Å². The highest BCUT2D eigenvalue weighted by molar-refractivity contribution is 6.29. The summed E-state index contributed by atoms with van der Waals surface area (Å²) in [6.07, 6.45) is 0. The van der Waals surface area contributed by atoms with Crippen molar-refractivity contribution in [3.05, 3.63) is 65.7 Å². The van der Waals surface area contributed by atoms with E-state index >= 15 is 0 Å². The third-order valence-corrected chi connectivity index (χ3v) is 3.14. The maximum absolute atomic E-state index is 12.1. The maximum Gasteiger partial charge on any atom is 0.242 e. The van der Waals surface area contributed by atoms with Crippen LogP contribution in [-0.4, -0.2) is 11.8 Å². The summed E-state index contributed by atoms with van der Waals surface area (Å²) in [5.41, 5.74) is 2.03. The number of halogens is 1. The average Bonchev–Trinajstić information content (AvgIpc) is 2.53. The first-order valence-corrected chi connectivity index (χ1v) is 6.69. The van der Waals surface area contributed by atoms with Crippen LogP contribution in [0.3, 0.4) is 0 Å². The van der Waals surface area contributed by atoms with Crippen LogP contribution in [0.5, 0.6) is 0 Å². The number of alkyl halides is 1. The zero-order chi connectivity index (χ0) is 14.4. The van der Waals surface area contributed by atoms with E-state index in [-0.39, 0.29) is 11.8 Å². The largest absolute Gasteiger partial charge is 0.306 e. The summed E-state index contributed by atoms with van der Waals surface area (Å²) in [6.45, 7) is 0.394. The van der Waals surface area contributed by atoms with Gasteiger partial charge >= 0.3 is 0 Å². The number of rotatable bonds is 4. The van der Waals surface area contributed by atoms with Crippen LogP contribution in [0.4, 0.5) is 5.69 Å². The van der Waals surface area contributed by atoms with Gasteiger partial charge < -0.3 is 4.90 Å². The molecule has 0 aromatic heterocycles. The molecule has 0 atom stereocenters. The van der Waals surface area contributed by atoms with Crippen molar-refractivity contribution < 1.29 is 4.79 Å². The number of hydrogen-bond donors (Lipinski definition) is 0. The third-order valence-electron chi connectivity index (χ3n) is 2.91. The van der Waals surface area contributed by atoms with E-state index in [9.17, 15) is 4.79 Å². The first-order chi connectivity index (χ1) is 9.76. The Morgan fingerprint density at radius 2 is 1.75 bits per heavy atom. The molecule has 0 unspecified atom stereocenters. The Bertz CT molecular complexity index is 634. The van der Waals surface area contributed by atoms with Gasteiger partial charge in [0.1, 0.15) is 11.9 Å². The van der Waals surface area contributed by atoms with Gasteiger partial charge in [-0.15, -0.1) is 11.6 Å². The monoisotopic (exact) mass is 284 g/mol. The van der Waals surface area contributed by atoms with Crippen molar-refractivity contribution in [1.82, 2.24) is 0 Å². The molecule has 0 aliphatic heterocycles. The number of anilines is 1. The molecule has 0 bridgehead atoms. The van der Waals surface area contributed by atoms with Gasteiger partial charge in [-0.2, -0.15) is 5.26 Å². The Balaban J connectivity index is 2.38. The lowest BCUT2D eigenvalue weighted by atomic mass is 10.1. The fourth-order valence-electron chi connectivity index (χ4n) is 1.95. The van der Waals surface area contributed by atoms with Crippen molar-refractivity contribution >= 4 is 23.2 Å². The van der Waals surface area contributed by atoms with Crippen LogP contribution in [0.15, 0.2) is 54.6 Å². The highest BCUT2D eigenvalue weighted by atomic mass is 35.5. The number of para-hydroxylation sites is 1. The van der Waals surface area contributed by atoms with Crippen LogP contribution in [0.2, 0.25) is 0 Å². The van der Waals surface area contributed by atoms with E-state index in [1.54, 1.807) is 29.2 Å². The van der Waals surface area contributed by atoms with Gasteiger partial charge in [0.05, 0.1) is 17.8 Å². The Morgan fingerprint density at radius 3 is 2.40 bits per heavy atom. The van der Waals surface area contributed by atoms with Crippen molar-refractivity contribution in [3.63, 3.8) is 0 Å². The predicted octanol–water partition coefficient (Wildman–Crippen LogP) is 3.33. The van der Waals surface area contributed by atoms with Crippen molar-refractivity contribution in [2.45, 2.75) is 6.54 Å². The summed E-state index contributed by atoms with van der Waals surface area (Å²) in [6, 6.07) is 18.7. The molecule has 0 heterocycles. The standard InChI is InChI=1S/C16H13ClN2O/c17-10-16(20)19(12-13-6-2-1-3-7-13)15-9-5-4-8-14(15)11-18/h1-9H,10,12H2. The lowest BCUT2D eigenvalue weighted by Gasteiger charge is -2.23. The minimum Gasteiger partial charge on any atom is -0.306 e. The summed E-state index contributed by atoms with van der Waals surface area (Å²) in [7, 11) is 0. The average molecular weight is 285 g/mol. The molecule has 0 aliphatic rings. The Morgan fingerprint density at radius 1 is 1.10 bits per heavy atom. The van der Waals surface area contributed by atoms with E-state index in [0.717, 1.165) is 5.56 Å². The van der Waals surface area contributed by atoms with Gasteiger partial charge in [0.15, 0.2) is 0 Å². The molecule has 3 nitrogen and oxygen atoms in total. The molecule has 2 rings (SSSR count). The van der Waals surface area contributed by atoms with Gasteiger partial charge in [-0.1, -0.05) is 42.5 Å². The molecule has 0 fully saturated rings. The van der Waals surface area contributed by atoms with E-state index < -0.39 is 0 Å². The summed E-state index contributed by atoms with van der Waals surface area (Å²) < 4.78 is 0. The molecule has 0 aliphatic carbocycles. The highest BCUT2D eigenvalue weighted by Crippen LogP contribution is 2.22. The zero-order valence-electron chi connectivity index (χ0n) is 10.8. The van der Waals surface area contributed by atoms with Crippen LogP contribution >= 0.6 is 11.6 Å². The number of carbonyl (C=O) groups is 1. The second-order valence-electron chi connectivity index (χ2n) is 4.23. The Labute approximate surface area is 123 Å². The van der Waals surface area contributed by atoms with Crippen LogP contribution in [0, 0.1) is 11.3 Å². The molecule has 20 heavy (non-hydrogen) atoms. The van der Waals surface area contributed by atoms with Gasteiger partial charge in [-0.25, -0.2) is 0 Å². The molecule has 4 heteroatoms. The molecule has 2 aromatic rings. The first-order valence-electron chi connectivity index (χ1n) is 6.15. The fraction of sp³-hybridized carbons (Fsp3) is 0.125. The maximum atomic E-state index is 12.1. The van der Waals surface area contributed by atoms with Crippen molar-refractivity contribution in [3.8, 4) is 6.07 Å². The normalized spacial score (nSPS) is 9.80. The van der Waals surface area contributed by atoms with Gasteiger partial charge in [0.2, 0.25) is 5.91 Å². The van der Waals surface area contributed by atoms with E-state index in [1.807, 2.05) is 30.3 Å². The number of carbonyl (C=O) groups excluding carboxylic acids is 1. The second kappa shape index (κ2) is 6.74. The van der Waals surface area contributed by atoms with Crippen LogP contribution in [0.1, 0.15) is 11.1 Å². The Kier molecular flexibility index (Phi) is 4.75. The van der Waals surface area contributed by atoms with Crippen LogP contribution in [0.25, 0.3) is 0 Å². The molecular weight excluding hydrogens is 272 g/mol. The number of hydrogen-bond acceptors (Lipinski definition) is 2. The van der Waals surface area contributed by atoms with Crippen LogP contribution < -0.4 is 4.90 Å². The number of benzene rings is 2. The van der Waals surface area contributed by atoms with E-state index in [1.165, 1.54) is 0 Å². The minimum atomic E-state index is -0.224. The molecule has 0 saturated carbocycles. The first kappa shape index (κ1) is 14.1. The molecule has 0 N–H and O–H groups in total. The second-order valence-corrected chi connectivity index (χ2v) is 4.50. The van der Waals surface area contributed by atoms with Crippen molar-refractivity contribution in [1.29, 1.82) is 5.26 Å². The molecule has 0 radical (unpaired) electrons. The predicted molar refractivity (Wildman–Crippen MR) is 79.5 cm³/mol. The zero-order valence-corrected chi connectivity index (χ0v) is 11.5. The van der Waals surface area contributed by atoms with Crippen molar-refractivity contribution in [2.24, 2.45) is 0 Å². The quantitative estimate of drug-likeness (QED) is 0.808. The SMILES string of the molecule is N#Cc1ccccc1N(Cc1ccccc1)C(=O)CCl. The molecule has 100 valence electrons. The lowest BCUT2D eigenvalue weighted by Crippen LogP contribution is -2.32. The minimum absolute atomic E-state index is 0.118. The molecule has 1 amide bonds. The van der Waals surface area contributed by atoms with Crippen molar-refractivity contribution in [2.75, 3.05) is 10.8 Å². The lowest BCUT2D eigenvalue weighted by molar-refractivity contribution is -0.116. The summed E-state index contributed by atoms with van der Waals surface area (Å²) >= 11 is 5.68. The number of amides is 1. The summed E-state index contributed by atoms with van der Waals surface area (Å²) in [4.78, 5) is 13.6. The fourth-order valence-corrected chi connectivity index (χ4v) is 2.09. The smallest absolute Gasteiger partial charge is 0.242 e. The Hall–Kier alpha value is -2.31. The molecule has 0 saturated heterocycles. The number of nitrogens with zero attached hydrogens (tertiary/aromatic N) is 2. The highest BCUT2D eigenvalue weighted by Gasteiger charge is 2.18. The third kappa shape index (κ3) is 3.17. The number of nitriles is 1.